The van der Waals surface area contributed by atoms with Gasteiger partial charge in [0, 0.05) is 24.7 Å². The number of rotatable bonds is 1. The van der Waals surface area contributed by atoms with Crippen molar-refractivity contribution in [2.75, 3.05) is 31.2 Å². The number of hydrogen-bond donors (Lipinski definition) is 0. The molecule has 0 bridgehead atoms. The van der Waals surface area contributed by atoms with Gasteiger partial charge in [-0.1, -0.05) is 23.9 Å². The van der Waals surface area contributed by atoms with E-state index < -0.39 is 0 Å². The third-order valence-corrected chi connectivity index (χ3v) is 3.75. The van der Waals surface area contributed by atoms with E-state index in [-0.39, 0.29) is 6.71 Å². The summed E-state index contributed by atoms with van der Waals surface area (Å²) in [6, 6.07) is 6.38. The molecule has 0 amide bonds. The molecule has 2 heterocycles. The smallest absolute Gasteiger partial charge is 0.300 e. The van der Waals surface area contributed by atoms with Crippen molar-refractivity contribution in [2.45, 2.75) is 12.7 Å². The molecule has 17 heavy (non-hydrogen) atoms. The van der Waals surface area contributed by atoms with Crippen molar-refractivity contribution in [3.63, 3.8) is 0 Å². The lowest BCUT2D eigenvalue weighted by Crippen LogP contribution is -2.37. The third kappa shape index (κ3) is 1.81. The molecule has 3 rings (SSSR count). The highest BCUT2D eigenvalue weighted by Gasteiger charge is 2.29. The second-order valence-electron chi connectivity index (χ2n) is 4.66. The van der Waals surface area contributed by atoms with Crippen LogP contribution >= 0.6 is 0 Å². The second kappa shape index (κ2) is 4.42. The lowest BCUT2D eigenvalue weighted by Gasteiger charge is -2.30. The highest BCUT2D eigenvalue weighted by atomic mass is 16.5. The number of morpholine rings is 1. The van der Waals surface area contributed by atoms with Crippen LogP contribution in [0.5, 0.6) is 0 Å². The summed E-state index contributed by atoms with van der Waals surface area (Å²) >= 11 is 0. The number of fused-ring (bicyclic) bond motifs is 1. The molecule has 1 saturated heterocycles. The molecule has 0 radical (unpaired) electrons. The van der Waals surface area contributed by atoms with Crippen molar-refractivity contribution >= 4 is 17.9 Å². The van der Waals surface area contributed by atoms with E-state index in [1.54, 1.807) is 0 Å². The Bertz CT molecular complexity index is 463. The summed E-state index contributed by atoms with van der Waals surface area (Å²) < 4.78 is 5.39. The number of hydrogen-bond acceptors (Lipinski definition) is 3. The second-order valence-corrected chi connectivity index (χ2v) is 4.66. The zero-order valence-corrected chi connectivity index (χ0v) is 9.85. The number of ether oxygens (including phenoxy) is 1. The van der Waals surface area contributed by atoms with E-state index >= 15 is 0 Å². The van der Waals surface area contributed by atoms with Gasteiger partial charge in [0.05, 0.1) is 13.2 Å². The molecular formula is C13H15BN2O. The van der Waals surface area contributed by atoms with Crippen molar-refractivity contribution in [3.8, 4) is 5.97 Å². The van der Waals surface area contributed by atoms with Crippen LogP contribution in [0.1, 0.15) is 5.56 Å². The molecule has 1 aromatic carbocycles. The molecule has 0 N–H and O–H groups in total. The SMILES string of the molecule is N#CB1CCc2c1cccc2N1CCOCC1. The number of anilines is 1. The van der Waals surface area contributed by atoms with Gasteiger partial charge >= 0.3 is 6.71 Å². The Morgan fingerprint density at radius 2 is 2.12 bits per heavy atom. The van der Waals surface area contributed by atoms with Gasteiger partial charge in [-0.05, 0) is 18.1 Å². The third-order valence-electron chi connectivity index (χ3n) is 3.75. The first-order valence-electron chi connectivity index (χ1n) is 6.24. The highest BCUT2D eigenvalue weighted by molar-refractivity contribution is 6.81. The van der Waals surface area contributed by atoms with Gasteiger partial charge < -0.3 is 9.64 Å². The van der Waals surface area contributed by atoms with E-state index in [9.17, 15) is 0 Å². The minimum absolute atomic E-state index is 0.103. The fourth-order valence-electron chi connectivity index (χ4n) is 2.87. The topological polar surface area (TPSA) is 36.3 Å². The lowest BCUT2D eigenvalue weighted by molar-refractivity contribution is 0.122. The molecule has 3 nitrogen and oxygen atoms in total. The molecule has 2 aliphatic heterocycles. The summed E-state index contributed by atoms with van der Waals surface area (Å²) in [4.78, 5) is 2.39. The van der Waals surface area contributed by atoms with Crippen molar-refractivity contribution in [2.24, 2.45) is 0 Å². The first-order chi connectivity index (χ1) is 8.40. The predicted molar refractivity (Wildman–Crippen MR) is 69.0 cm³/mol. The average Bonchev–Trinajstić information content (AvgIpc) is 2.82. The van der Waals surface area contributed by atoms with Crippen LogP contribution in [0.4, 0.5) is 5.69 Å². The Balaban J connectivity index is 1.96. The van der Waals surface area contributed by atoms with Crippen molar-refractivity contribution < 1.29 is 4.74 Å². The number of nitrogens with zero attached hydrogens (tertiary/aromatic N) is 2. The molecule has 0 aromatic heterocycles. The first-order valence-corrected chi connectivity index (χ1v) is 6.24. The molecule has 0 aliphatic carbocycles. The van der Waals surface area contributed by atoms with Crippen molar-refractivity contribution in [1.82, 2.24) is 0 Å². The number of nitriles is 1. The van der Waals surface area contributed by atoms with Gasteiger partial charge in [-0.2, -0.15) is 0 Å². The van der Waals surface area contributed by atoms with Crippen LogP contribution in [0.25, 0.3) is 0 Å². The van der Waals surface area contributed by atoms with Gasteiger partial charge in [0.2, 0.25) is 0 Å². The summed E-state index contributed by atoms with van der Waals surface area (Å²) in [5, 5.41) is 9.13. The monoisotopic (exact) mass is 226 g/mol. The maximum atomic E-state index is 9.13. The Morgan fingerprint density at radius 3 is 2.88 bits per heavy atom. The molecular weight excluding hydrogens is 211 g/mol. The molecule has 0 saturated carbocycles. The fraction of sp³-hybridized carbons (Fsp3) is 0.462. The Kier molecular flexibility index (Phi) is 2.78. The molecule has 1 aromatic rings. The van der Waals surface area contributed by atoms with Crippen LogP contribution in [-0.4, -0.2) is 33.0 Å². The molecule has 2 aliphatic rings. The van der Waals surface area contributed by atoms with E-state index in [4.69, 9.17) is 10.00 Å². The zero-order valence-electron chi connectivity index (χ0n) is 9.85. The van der Waals surface area contributed by atoms with E-state index in [2.05, 4.69) is 29.1 Å². The van der Waals surface area contributed by atoms with Crippen molar-refractivity contribution in [1.29, 1.82) is 5.26 Å². The van der Waals surface area contributed by atoms with E-state index in [1.807, 2.05) is 0 Å². The summed E-state index contributed by atoms with van der Waals surface area (Å²) in [5.74, 6) is 2.41. The van der Waals surface area contributed by atoms with Crippen LogP contribution in [0.15, 0.2) is 18.2 Å². The summed E-state index contributed by atoms with van der Waals surface area (Å²) in [5.41, 5.74) is 3.96. The lowest BCUT2D eigenvalue weighted by atomic mass is 9.47. The Labute approximate surface area is 102 Å². The minimum Gasteiger partial charge on any atom is -0.378 e. The van der Waals surface area contributed by atoms with Crippen LogP contribution in [0.3, 0.4) is 0 Å². The maximum absolute atomic E-state index is 9.13. The van der Waals surface area contributed by atoms with Gasteiger partial charge in [0.15, 0.2) is 0 Å². The van der Waals surface area contributed by atoms with Gasteiger partial charge in [0.25, 0.3) is 0 Å². The molecule has 1 fully saturated rings. The van der Waals surface area contributed by atoms with E-state index in [0.29, 0.717) is 0 Å². The fourth-order valence-corrected chi connectivity index (χ4v) is 2.87. The van der Waals surface area contributed by atoms with Gasteiger partial charge in [-0.15, -0.1) is 0 Å². The van der Waals surface area contributed by atoms with E-state index in [0.717, 1.165) is 39.0 Å². The minimum atomic E-state index is 0.103. The Hall–Kier alpha value is -1.47. The van der Waals surface area contributed by atoms with Gasteiger partial charge in [-0.3, -0.25) is 0 Å². The van der Waals surface area contributed by atoms with Crippen molar-refractivity contribution in [3.05, 3.63) is 23.8 Å². The summed E-state index contributed by atoms with van der Waals surface area (Å²) in [7, 11) is 0. The van der Waals surface area contributed by atoms with Crippen LogP contribution < -0.4 is 10.4 Å². The number of benzene rings is 1. The van der Waals surface area contributed by atoms with Crippen LogP contribution in [0.2, 0.25) is 6.32 Å². The standard InChI is InChI=1S/C13H15BN2O/c15-10-14-5-4-11-12(14)2-1-3-13(11)16-6-8-17-9-7-16/h1-3H,4-9H2. The summed E-state index contributed by atoms with van der Waals surface area (Å²) in [6.07, 6.45) is 2.02. The molecule has 86 valence electrons. The quantitative estimate of drug-likeness (QED) is 0.666. The summed E-state index contributed by atoms with van der Waals surface area (Å²) in [6.45, 7) is 3.66. The molecule has 0 atom stereocenters. The predicted octanol–water partition coefficient (Wildman–Crippen LogP) is 0.844. The van der Waals surface area contributed by atoms with E-state index in [1.165, 1.54) is 16.7 Å². The molecule has 4 heteroatoms. The zero-order chi connectivity index (χ0) is 11.7. The average molecular weight is 226 g/mol. The first kappa shape index (κ1) is 10.7. The maximum Gasteiger partial charge on any atom is 0.300 e. The van der Waals surface area contributed by atoms with Crippen LogP contribution in [-0.2, 0) is 11.2 Å². The normalized spacial score (nSPS) is 19.0. The molecule has 0 spiro atoms. The molecule has 0 unspecified atom stereocenters. The largest absolute Gasteiger partial charge is 0.378 e. The van der Waals surface area contributed by atoms with Gasteiger partial charge in [-0.25, -0.2) is 5.26 Å². The highest BCUT2D eigenvalue weighted by Crippen LogP contribution is 2.26. The van der Waals surface area contributed by atoms with Crippen LogP contribution in [0, 0.1) is 11.2 Å². The Morgan fingerprint density at radius 1 is 1.29 bits per heavy atom. The van der Waals surface area contributed by atoms with Gasteiger partial charge in [0.1, 0.15) is 0 Å².